The summed E-state index contributed by atoms with van der Waals surface area (Å²) >= 11 is 1.72. The number of thiophene rings is 1. The predicted molar refractivity (Wildman–Crippen MR) is 75.5 cm³/mol. The van der Waals surface area contributed by atoms with Crippen molar-refractivity contribution in [1.29, 1.82) is 0 Å². The average Bonchev–Trinajstić information content (AvgIpc) is 2.85. The molecule has 1 aromatic rings. The van der Waals surface area contributed by atoms with Crippen molar-refractivity contribution < 1.29 is 4.43 Å². The highest BCUT2D eigenvalue weighted by Crippen LogP contribution is 2.31. The van der Waals surface area contributed by atoms with E-state index in [1.165, 1.54) is 23.7 Å². The standard InChI is InChI=1S/C13H22OSSi/c1-5-13(12-9-10-15-11-12)14-16(6-2,7-3)8-4/h5,9-11,13H,1,6-8H2,2-4H3/t13-/m0/s1. The van der Waals surface area contributed by atoms with Gasteiger partial charge in [0.2, 0.25) is 0 Å². The Morgan fingerprint density at radius 1 is 1.38 bits per heavy atom. The fourth-order valence-corrected chi connectivity index (χ4v) is 5.41. The van der Waals surface area contributed by atoms with Crippen LogP contribution in [0.1, 0.15) is 32.4 Å². The first-order valence-corrected chi connectivity index (χ1v) is 9.51. The second-order valence-corrected chi connectivity index (χ2v) is 9.58. The van der Waals surface area contributed by atoms with Crippen molar-refractivity contribution in [1.82, 2.24) is 0 Å². The van der Waals surface area contributed by atoms with Gasteiger partial charge in [0.25, 0.3) is 0 Å². The molecule has 0 fully saturated rings. The van der Waals surface area contributed by atoms with E-state index in [1.54, 1.807) is 11.3 Å². The zero-order valence-electron chi connectivity index (χ0n) is 10.5. The minimum absolute atomic E-state index is 0.0952. The van der Waals surface area contributed by atoms with E-state index in [9.17, 15) is 0 Å². The average molecular weight is 254 g/mol. The highest BCUT2D eigenvalue weighted by molar-refractivity contribution is 7.08. The van der Waals surface area contributed by atoms with Crippen LogP contribution in [-0.4, -0.2) is 8.32 Å². The molecule has 1 rings (SSSR count). The van der Waals surface area contributed by atoms with Gasteiger partial charge in [0.1, 0.15) is 0 Å². The van der Waals surface area contributed by atoms with Crippen LogP contribution in [0.25, 0.3) is 0 Å². The van der Waals surface area contributed by atoms with Crippen molar-refractivity contribution in [3.8, 4) is 0 Å². The molecule has 0 aliphatic rings. The van der Waals surface area contributed by atoms with Crippen molar-refractivity contribution in [3.05, 3.63) is 35.0 Å². The Morgan fingerprint density at radius 3 is 2.38 bits per heavy atom. The van der Waals surface area contributed by atoms with E-state index in [0.717, 1.165) is 0 Å². The molecule has 3 heteroatoms. The van der Waals surface area contributed by atoms with Gasteiger partial charge >= 0.3 is 0 Å². The maximum Gasteiger partial charge on any atom is 0.193 e. The molecule has 0 spiro atoms. The van der Waals surface area contributed by atoms with Crippen LogP contribution in [0, 0.1) is 0 Å². The van der Waals surface area contributed by atoms with E-state index in [1.807, 2.05) is 6.08 Å². The van der Waals surface area contributed by atoms with E-state index < -0.39 is 8.32 Å². The summed E-state index contributed by atoms with van der Waals surface area (Å²) in [6.45, 7) is 10.7. The first-order valence-electron chi connectivity index (χ1n) is 6.03. The molecule has 0 aromatic carbocycles. The molecule has 1 aromatic heterocycles. The molecule has 0 aliphatic heterocycles. The van der Waals surface area contributed by atoms with Gasteiger partial charge in [-0.1, -0.05) is 26.8 Å². The van der Waals surface area contributed by atoms with E-state index in [0.29, 0.717) is 0 Å². The molecule has 0 N–H and O–H groups in total. The van der Waals surface area contributed by atoms with Gasteiger partial charge in [0.15, 0.2) is 8.32 Å². The lowest BCUT2D eigenvalue weighted by molar-refractivity contribution is 0.239. The lowest BCUT2D eigenvalue weighted by atomic mass is 10.2. The summed E-state index contributed by atoms with van der Waals surface area (Å²) in [7, 11) is -1.52. The molecule has 0 amide bonds. The lowest BCUT2D eigenvalue weighted by Gasteiger charge is -2.31. The molecule has 1 heterocycles. The summed E-state index contributed by atoms with van der Waals surface area (Å²) in [4.78, 5) is 0. The van der Waals surface area contributed by atoms with E-state index >= 15 is 0 Å². The van der Waals surface area contributed by atoms with Gasteiger partial charge in [-0.3, -0.25) is 0 Å². The van der Waals surface area contributed by atoms with Crippen LogP contribution >= 0.6 is 11.3 Å². The van der Waals surface area contributed by atoms with Crippen LogP contribution in [-0.2, 0) is 4.43 Å². The van der Waals surface area contributed by atoms with Gasteiger partial charge in [0, 0.05) is 0 Å². The SMILES string of the molecule is C=C[C@H](O[Si](CC)(CC)CC)c1ccsc1. The van der Waals surface area contributed by atoms with Gasteiger partial charge in [-0.15, -0.1) is 6.58 Å². The molecule has 0 unspecified atom stereocenters. The van der Waals surface area contributed by atoms with Crippen LogP contribution in [0.2, 0.25) is 18.1 Å². The summed E-state index contributed by atoms with van der Waals surface area (Å²) < 4.78 is 6.41. The lowest BCUT2D eigenvalue weighted by Crippen LogP contribution is -2.36. The van der Waals surface area contributed by atoms with Gasteiger partial charge in [0.05, 0.1) is 6.10 Å². The Hall–Kier alpha value is -0.383. The van der Waals surface area contributed by atoms with Crippen molar-refractivity contribution in [2.45, 2.75) is 45.0 Å². The Balaban J connectivity index is 2.79. The van der Waals surface area contributed by atoms with E-state index in [-0.39, 0.29) is 6.10 Å². The third-order valence-corrected chi connectivity index (χ3v) is 8.72. The maximum absolute atomic E-state index is 6.41. The largest absolute Gasteiger partial charge is 0.407 e. The maximum atomic E-state index is 6.41. The Bertz CT molecular complexity index is 295. The summed E-state index contributed by atoms with van der Waals surface area (Å²) in [5.41, 5.74) is 1.26. The number of rotatable bonds is 7. The third-order valence-electron chi connectivity index (χ3n) is 3.40. The highest BCUT2D eigenvalue weighted by Gasteiger charge is 2.31. The molecule has 0 bridgehead atoms. The van der Waals surface area contributed by atoms with E-state index in [2.05, 4.69) is 44.2 Å². The molecule has 16 heavy (non-hydrogen) atoms. The van der Waals surface area contributed by atoms with Crippen LogP contribution in [0.15, 0.2) is 29.5 Å². The van der Waals surface area contributed by atoms with Crippen molar-refractivity contribution in [2.75, 3.05) is 0 Å². The first kappa shape index (κ1) is 13.7. The van der Waals surface area contributed by atoms with Crippen LogP contribution in [0.4, 0.5) is 0 Å². The summed E-state index contributed by atoms with van der Waals surface area (Å²) in [5, 5.41) is 4.26. The molecule has 90 valence electrons. The minimum atomic E-state index is -1.52. The molecular weight excluding hydrogens is 232 g/mol. The van der Waals surface area contributed by atoms with Crippen LogP contribution in [0.5, 0.6) is 0 Å². The minimum Gasteiger partial charge on any atom is -0.407 e. The number of hydrogen-bond acceptors (Lipinski definition) is 2. The monoisotopic (exact) mass is 254 g/mol. The smallest absolute Gasteiger partial charge is 0.193 e. The molecule has 0 radical (unpaired) electrons. The highest BCUT2D eigenvalue weighted by atomic mass is 32.1. The first-order chi connectivity index (χ1) is 7.71. The topological polar surface area (TPSA) is 9.23 Å². The zero-order chi connectivity index (χ0) is 12.0. The van der Waals surface area contributed by atoms with Crippen molar-refractivity contribution in [2.24, 2.45) is 0 Å². The van der Waals surface area contributed by atoms with Gasteiger partial charge < -0.3 is 4.43 Å². The van der Waals surface area contributed by atoms with Gasteiger partial charge in [-0.25, -0.2) is 0 Å². The molecular formula is C13H22OSSi. The van der Waals surface area contributed by atoms with Crippen LogP contribution < -0.4 is 0 Å². The Kier molecular flexibility index (Phi) is 5.45. The zero-order valence-corrected chi connectivity index (χ0v) is 12.3. The Labute approximate surface area is 104 Å². The predicted octanol–water partition coefficient (Wildman–Crippen LogP) is 5.00. The molecule has 0 aliphatic carbocycles. The van der Waals surface area contributed by atoms with Gasteiger partial charge in [-0.2, -0.15) is 11.3 Å². The van der Waals surface area contributed by atoms with Gasteiger partial charge in [-0.05, 0) is 40.5 Å². The third kappa shape index (κ3) is 3.06. The normalized spacial score (nSPS) is 13.7. The molecule has 0 saturated heterocycles. The Morgan fingerprint density at radius 2 is 2.00 bits per heavy atom. The fraction of sp³-hybridized carbons (Fsp3) is 0.538. The van der Waals surface area contributed by atoms with Crippen LogP contribution in [0.3, 0.4) is 0 Å². The summed E-state index contributed by atoms with van der Waals surface area (Å²) in [6.07, 6.45) is 2.03. The van der Waals surface area contributed by atoms with E-state index in [4.69, 9.17) is 4.43 Å². The fourth-order valence-electron chi connectivity index (χ4n) is 1.96. The van der Waals surface area contributed by atoms with Crippen molar-refractivity contribution >= 4 is 19.7 Å². The summed E-state index contributed by atoms with van der Waals surface area (Å²) in [6, 6.07) is 5.70. The molecule has 1 atom stereocenters. The summed E-state index contributed by atoms with van der Waals surface area (Å²) in [5.74, 6) is 0. The number of hydrogen-bond donors (Lipinski definition) is 0. The molecule has 1 nitrogen and oxygen atoms in total. The van der Waals surface area contributed by atoms with Crippen molar-refractivity contribution in [3.63, 3.8) is 0 Å². The molecule has 0 saturated carbocycles. The second kappa shape index (κ2) is 6.38. The second-order valence-electron chi connectivity index (χ2n) is 4.07. The quantitative estimate of drug-likeness (QED) is 0.491.